The molecule has 0 fully saturated rings. The number of hydrogen-bond donors (Lipinski definition) is 3. The lowest BCUT2D eigenvalue weighted by Gasteiger charge is -2.29. The number of aliphatic hydroxyl groups is 1. The third-order valence-corrected chi connectivity index (χ3v) is 5.41. The summed E-state index contributed by atoms with van der Waals surface area (Å²) < 4.78 is 40.9. The maximum atomic E-state index is 14.0. The topological polar surface area (TPSA) is 92.4 Å². The van der Waals surface area contributed by atoms with Gasteiger partial charge in [-0.25, -0.2) is 17.5 Å². The summed E-state index contributed by atoms with van der Waals surface area (Å²) in [5.41, 5.74) is 5.41. The van der Waals surface area contributed by atoms with Gasteiger partial charge in [0, 0.05) is 24.3 Å². The normalized spacial score (nSPS) is 12.6. The summed E-state index contributed by atoms with van der Waals surface area (Å²) in [6.45, 7) is 5.12. The van der Waals surface area contributed by atoms with E-state index in [-0.39, 0.29) is 24.4 Å². The van der Waals surface area contributed by atoms with Gasteiger partial charge in [-0.3, -0.25) is 0 Å². The van der Waals surface area contributed by atoms with Crippen molar-refractivity contribution >= 4 is 15.7 Å². The third kappa shape index (κ3) is 3.93. The van der Waals surface area contributed by atoms with Crippen LogP contribution in [0.5, 0.6) is 0 Å². The van der Waals surface area contributed by atoms with E-state index in [9.17, 15) is 17.9 Å². The van der Waals surface area contributed by atoms with Crippen molar-refractivity contribution in [2.75, 3.05) is 18.9 Å². The van der Waals surface area contributed by atoms with Gasteiger partial charge in [-0.2, -0.15) is 0 Å². The highest BCUT2D eigenvalue weighted by Gasteiger charge is 2.29. The van der Waals surface area contributed by atoms with Crippen molar-refractivity contribution in [3.05, 3.63) is 23.5 Å². The summed E-state index contributed by atoms with van der Waals surface area (Å²) in [7, 11) is -4.02. The number of rotatable bonds is 7. The molecule has 21 heavy (non-hydrogen) atoms. The predicted octanol–water partition coefficient (Wildman–Crippen LogP) is 1.79. The van der Waals surface area contributed by atoms with E-state index in [1.807, 2.05) is 13.8 Å². The lowest BCUT2D eigenvalue weighted by Crippen LogP contribution is -2.39. The molecule has 7 heteroatoms. The minimum absolute atomic E-state index is 0.0477. The van der Waals surface area contributed by atoms with Crippen LogP contribution in [0.3, 0.4) is 0 Å². The number of nitrogen functional groups attached to an aromatic ring is 1. The number of aliphatic hydroxyl groups excluding tert-OH is 1. The van der Waals surface area contributed by atoms with Gasteiger partial charge in [-0.05, 0) is 37.5 Å². The van der Waals surface area contributed by atoms with Crippen molar-refractivity contribution in [3.8, 4) is 0 Å². The van der Waals surface area contributed by atoms with Crippen molar-refractivity contribution in [2.24, 2.45) is 5.41 Å². The largest absolute Gasteiger partial charge is 0.399 e. The highest BCUT2D eigenvalue weighted by atomic mass is 32.2. The molecule has 0 saturated heterocycles. The van der Waals surface area contributed by atoms with Gasteiger partial charge >= 0.3 is 0 Å². The standard InChI is InChI=1S/C14H23FN2O3S/c1-4-14(5-2,9-18)8-17-21(19,20)12-7-11(16)6-10(3)13(12)15/h6-7,17-18H,4-5,8-9,16H2,1-3H3. The summed E-state index contributed by atoms with van der Waals surface area (Å²) in [5, 5.41) is 9.46. The van der Waals surface area contributed by atoms with Gasteiger partial charge in [0.25, 0.3) is 0 Å². The SMILES string of the molecule is CCC(CC)(CO)CNS(=O)(=O)c1cc(N)cc(C)c1F. The molecule has 0 radical (unpaired) electrons. The Labute approximate surface area is 125 Å². The molecule has 5 nitrogen and oxygen atoms in total. The number of nitrogens with two attached hydrogens (primary N) is 1. The highest BCUT2D eigenvalue weighted by Crippen LogP contribution is 2.26. The molecule has 120 valence electrons. The molecule has 0 aliphatic carbocycles. The maximum Gasteiger partial charge on any atom is 0.243 e. The fourth-order valence-electron chi connectivity index (χ4n) is 2.06. The van der Waals surface area contributed by atoms with Crippen LogP contribution in [0.2, 0.25) is 0 Å². The van der Waals surface area contributed by atoms with Gasteiger partial charge in [0.15, 0.2) is 0 Å². The lowest BCUT2D eigenvalue weighted by atomic mass is 9.84. The molecule has 0 bridgehead atoms. The first-order valence-corrected chi connectivity index (χ1v) is 8.36. The molecule has 0 aliphatic heterocycles. The monoisotopic (exact) mass is 318 g/mol. The smallest absolute Gasteiger partial charge is 0.243 e. The van der Waals surface area contributed by atoms with Gasteiger partial charge in [0.1, 0.15) is 10.7 Å². The van der Waals surface area contributed by atoms with Crippen molar-refractivity contribution in [3.63, 3.8) is 0 Å². The van der Waals surface area contributed by atoms with Crippen LogP contribution in [0.1, 0.15) is 32.3 Å². The quantitative estimate of drug-likeness (QED) is 0.668. The molecule has 0 atom stereocenters. The van der Waals surface area contributed by atoms with E-state index < -0.39 is 26.2 Å². The molecule has 1 aromatic rings. The second kappa shape index (κ2) is 6.72. The number of nitrogens with one attached hydrogen (secondary N) is 1. The molecular weight excluding hydrogens is 295 g/mol. The molecule has 0 amide bonds. The fraction of sp³-hybridized carbons (Fsp3) is 0.571. The van der Waals surface area contributed by atoms with Crippen molar-refractivity contribution in [1.29, 1.82) is 0 Å². The van der Waals surface area contributed by atoms with Crippen LogP contribution in [0.4, 0.5) is 10.1 Å². The second-order valence-electron chi connectivity index (χ2n) is 5.34. The minimum atomic E-state index is -4.02. The Bertz CT molecular complexity index is 590. The second-order valence-corrected chi connectivity index (χ2v) is 7.08. The number of halogens is 1. The molecular formula is C14H23FN2O3S. The van der Waals surface area contributed by atoms with E-state index in [4.69, 9.17) is 5.73 Å². The van der Waals surface area contributed by atoms with Gasteiger partial charge in [0.2, 0.25) is 10.0 Å². The van der Waals surface area contributed by atoms with E-state index >= 15 is 0 Å². The highest BCUT2D eigenvalue weighted by molar-refractivity contribution is 7.89. The van der Waals surface area contributed by atoms with Crippen molar-refractivity contribution in [2.45, 2.75) is 38.5 Å². The van der Waals surface area contributed by atoms with E-state index in [0.717, 1.165) is 6.07 Å². The number of aryl methyl sites for hydroxylation is 1. The van der Waals surface area contributed by atoms with Gasteiger partial charge in [-0.1, -0.05) is 13.8 Å². The fourth-order valence-corrected chi connectivity index (χ4v) is 3.40. The van der Waals surface area contributed by atoms with E-state index in [1.165, 1.54) is 13.0 Å². The number of sulfonamides is 1. The Hall–Kier alpha value is -1.18. The zero-order valence-corrected chi connectivity index (χ0v) is 13.4. The zero-order chi connectivity index (χ0) is 16.3. The number of benzene rings is 1. The number of anilines is 1. The van der Waals surface area contributed by atoms with Crippen LogP contribution in [0.15, 0.2) is 17.0 Å². The molecule has 4 N–H and O–H groups in total. The van der Waals surface area contributed by atoms with Gasteiger partial charge in [-0.15, -0.1) is 0 Å². The first kappa shape index (κ1) is 17.9. The van der Waals surface area contributed by atoms with Crippen LogP contribution < -0.4 is 10.5 Å². The van der Waals surface area contributed by atoms with E-state index in [0.29, 0.717) is 12.8 Å². The molecule has 0 aromatic heterocycles. The van der Waals surface area contributed by atoms with Crippen LogP contribution in [-0.2, 0) is 10.0 Å². The molecule has 0 heterocycles. The predicted molar refractivity (Wildman–Crippen MR) is 80.8 cm³/mol. The lowest BCUT2D eigenvalue weighted by molar-refractivity contribution is 0.119. The van der Waals surface area contributed by atoms with Crippen LogP contribution >= 0.6 is 0 Å². The van der Waals surface area contributed by atoms with Crippen LogP contribution in [-0.4, -0.2) is 26.7 Å². The molecule has 0 aliphatic rings. The molecule has 1 rings (SSSR count). The molecule has 0 unspecified atom stereocenters. The van der Waals surface area contributed by atoms with Crippen molar-refractivity contribution < 1.29 is 17.9 Å². The Morgan fingerprint density at radius 1 is 1.33 bits per heavy atom. The summed E-state index contributed by atoms with van der Waals surface area (Å²) in [5.74, 6) is -0.806. The summed E-state index contributed by atoms with van der Waals surface area (Å²) >= 11 is 0. The summed E-state index contributed by atoms with van der Waals surface area (Å²) in [6, 6.07) is 2.48. The first-order valence-electron chi connectivity index (χ1n) is 6.87. The molecule has 0 spiro atoms. The Morgan fingerprint density at radius 3 is 2.38 bits per heavy atom. The average molecular weight is 318 g/mol. The summed E-state index contributed by atoms with van der Waals surface area (Å²) in [6.07, 6.45) is 1.22. The molecule has 0 saturated carbocycles. The Kier molecular flexibility index (Phi) is 5.72. The first-order chi connectivity index (χ1) is 9.71. The van der Waals surface area contributed by atoms with E-state index in [2.05, 4.69) is 4.72 Å². The van der Waals surface area contributed by atoms with Gasteiger partial charge < -0.3 is 10.8 Å². The van der Waals surface area contributed by atoms with Crippen LogP contribution in [0, 0.1) is 18.2 Å². The number of hydrogen-bond acceptors (Lipinski definition) is 4. The Balaban J connectivity index is 3.08. The molecule has 1 aromatic carbocycles. The summed E-state index contributed by atoms with van der Waals surface area (Å²) in [4.78, 5) is -0.459. The maximum absolute atomic E-state index is 14.0. The van der Waals surface area contributed by atoms with Gasteiger partial charge in [0.05, 0.1) is 0 Å². The van der Waals surface area contributed by atoms with Crippen molar-refractivity contribution in [1.82, 2.24) is 4.72 Å². The van der Waals surface area contributed by atoms with E-state index in [1.54, 1.807) is 0 Å². The third-order valence-electron chi connectivity index (χ3n) is 4.01. The van der Waals surface area contributed by atoms with Crippen LogP contribution in [0.25, 0.3) is 0 Å². The average Bonchev–Trinajstić information content (AvgIpc) is 2.45. The minimum Gasteiger partial charge on any atom is -0.399 e. The Morgan fingerprint density at radius 2 is 1.90 bits per heavy atom. The zero-order valence-electron chi connectivity index (χ0n) is 12.6.